The lowest BCUT2D eigenvalue weighted by molar-refractivity contribution is -0.132. The van der Waals surface area contributed by atoms with Crippen molar-refractivity contribution in [3.8, 4) is 11.5 Å². The van der Waals surface area contributed by atoms with E-state index < -0.39 is 0 Å². The van der Waals surface area contributed by atoms with E-state index in [9.17, 15) is 4.79 Å². The Morgan fingerprint density at radius 3 is 2.35 bits per heavy atom. The quantitative estimate of drug-likeness (QED) is 0.639. The van der Waals surface area contributed by atoms with Gasteiger partial charge in [-0.1, -0.05) is 43.3 Å². The molecule has 2 aromatic rings. The lowest BCUT2D eigenvalue weighted by atomic mass is 10.1. The van der Waals surface area contributed by atoms with Crippen LogP contribution in [0.25, 0.3) is 0 Å². The summed E-state index contributed by atoms with van der Waals surface area (Å²) >= 11 is 0. The lowest BCUT2D eigenvalue weighted by Gasteiger charge is -2.18. The van der Waals surface area contributed by atoms with Gasteiger partial charge in [-0.05, 0) is 41.7 Å². The van der Waals surface area contributed by atoms with Crippen LogP contribution >= 0.6 is 0 Å². The van der Waals surface area contributed by atoms with Crippen LogP contribution in [0, 0.1) is 0 Å². The first-order valence-corrected chi connectivity index (χ1v) is 8.79. The minimum Gasteiger partial charge on any atom is -0.493 e. The number of benzene rings is 2. The molecule has 0 aliphatic heterocycles. The van der Waals surface area contributed by atoms with Gasteiger partial charge in [0, 0.05) is 13.6 Å². The summed E-state index contributed by atoms with van der Waals surface area (Å²) in [6.45, 7) is 6.39. The molecule has 0 saturated heterocycles. The van der Waals surface area contributed by atoms with E-state index >= 15 is 0 Å². The third-order valence-electron chi connectivity index (χ3n) is 4.24. The summed E-state index contributed by atoms with van der Waals surface area (Å²) in [4.78, 5) is 14.0. The maximum absolute atomic E-state index is 12.4. The monoisotopic (exact) mass is 353 g/mol. The smallest absolute Gasteiger partial charge is 0.260 e. The number of amides is 1. The van der Waals surface area contributed by atoms with E-state index in [1.54, 1.807) is 19.1 Å². The van der Waals surface area contributed by atoms with Crippen LogP contribution in [0.3, 0.4) is 0 Å². The molecule has 0 radical (unpaired) electrons. The van der Waals surface area contributed by atoms with Gasteiger partial charge in [-0.25, -0.2) is 0 Å². The van der Waals surface area contributed by atoms with E-state index in [2.05, 4.69) is 37.8 Å². The Balaban J connectivity index is 1.93. The number of methoxy groups -OCH3 is 1. The van der Waals surface area contributed by atoms with E-state index in [-0.39, 0.29) is 12.5 Å². The molecule has 0 fully saturated rings. The number of ether oxygens (including phenoxy) is 2. The van der Waals surface area contributed by atoms with Crippen LogP contribution in [-0.2, 0) is 24.2 Å². The summed E-state index contributed by atoms with van der Waals surface area (Å²) in [6.07, 6.45) is 3.60. The predicted molar refractivity (Wildman–Crippen MR) is 105 cm³/mol. The van der Waals surface area contributed by atoms with Crippen LogP contribution in [-0.4, -0.2) is 31.6 Å². The molecule has 0 unspecified atom stereocenters. The van der Waals surface area contributed by atoms with Gasteiger partial charge in [-0.3, -0.25) is 4.79 Å². The number of hydrogen-bond donors (Lipinski definition) is 0. The Hall–Kier alpha value is -2.75. The Bertz CT molecular complexity index is 738. The van der Waals surface area contributed by atoms with Crippen molar-refractivity contribution >= 4 is 5.91 Å². The molecule has 0 aromatic heterocycles. The van der Waals surface area contributed by atoms with E-state index in [4.69, 9.17) is 9.47 Å². The maximum atomic E-state index is 12.4. The normalized spacial score (nSPS) is 10.3. The summed E-state index contributed by atoms with van der Waals surface area (Å²) in [5.74, 6) is 1.10. The van der Waals surface area contributed by atoms with Crippen molar-refractivity contribution in [1.82, 2.24) is 4.90 Å². The number of rotatable bonds is 9. The average molecular weight is 353 g/mol. The van der Waals surface area contributed by atoms with Crippen LogP contribution in [0.2, 0.25) is 0 Å². The van der Waals surface area contributed by atoms with Crippen molar-refractivity contribution in [2.75, 3.05) is 20.8 Å². The number of hydrogen-bond acceptors (Lipinski definition) is 3. The molecule has 138 valence electrons. The summed E-state index contributed by atoms with van der Waals surface area (Å²) < 4.78 is 11.0. The molecule has 0 N–H and O–H groups in total. The average Bonchev–Trinajstić information content (AvgIpc) is 2.67. The second kappa shape index (κ2) is 9.66. The molecule has 0 atom stereocenters. The van der Waals surface area contributed by atoms with Crippen LogP contribution in [0.5, 0.6) is 11.5 Å². The van der Waals surface area contributed by atoms with Gasteiger partial charge in [0.25, 0.3) is 5.91 Å². The van der Waals surface area contributed by atoms with Gasteiger partial charge in [-0.2, -0.15) is 0 Å². The minimum absolute atomic E-state index is 0.0271. The van der Waals surface area contributed by atoms with Gasteiger partial charge in [-0.15, -0.1) is 6.58 Å². The zero-order chi connectivity index (χ0) is 18.9. The Kier molecular flexibility index (Phi) is 7.27. The van der Waals surface area contributed by atoms with Crippen molar-refractivity contribution in [3.05, 3.63) is 71.8 Å². The van der Waals surface area contributed by atoms with E-state index in [0.717, 1.165) is 24.0 Å². The van der Waals surface area contributed by atoms with Crippen LogP contribution in [0.4, 0.5) is 0 Å². The summed E-state index contributed by atoms with van der Waals surface area (Å²) in [7, 11) is 3.37. The first kappa shape index (κ1) is 19.6. The van der Waals surface area contributed by atoms with E-state index in [1.165, 1.54) is 5.56 Å². The minimum atomic E-state index is -0.0817. The molecule has 26 heavy (non-hydrogen) atoms. The highest BCUT2D eigenvalue weighted by Gasteiger charge is 2.12. The highest BCUT2D eigenvalue weighted by molar-refractivity contribution is 5.77. The van der Waals surface area contributed by atoms with Crippen molar-refractivity contribution in [2.24, 2.45) is 0 Å². The molecule has 1 amide bonds. The molecule has 0 aliphatic rings. The number of likely N-dealkylation sites (N-methyl/N-ethyl adjacent to an activating group) is 1. The molecule has 0 saturated carbocycles. The predicted octanol–water partition coefficient (Wildman–Crippen LogP) is 4.02. The molecular weight excluding hydrogens is 326 g/mol. The highest BCUT2D eigenvalue weighted by Crippen LogP contribution is 2.28. The third-order valence-corrected chi connectivity index (χ3v) is 4.24. The second-order valence-corrected chi connectivity index (χ2v) is 6.19. The van der Waals surface area contributed by atoms with E-state index in [0.29, 0.717) is 18.0 Å². The first-order valence-electron chi connectivity index (χ1n) is 8.79. The zero-order valence-corrected chi connectivity index (χ0v) is 15.8. The standard InChI is InChI=1S/C22H27NO3/c1-5-7-18-12-13-20(21(14-18)25-4)26-16-22(24)23(3)15-19-10-8-17(6-2)9-11-19/h5,8-14H,1,6-7,15-16H2,2-4H3. The Morgan fingerprint density at radius 1 is 1.08 bits per heavy atom. The van der Waals surface area contributed by atoms with Gasteiger partial charge >= 0.3 is 0 Å². The van der Waals surface area contributed by atoms with Crippen molar-refractivity contribution in [2.45, 2.75) is 26.3 Å². The van der Waals surface area contributed by atoms with Crippen LogP contribution in [0.15, 0.2) is 55.1 Å². The fourth-order valence-corrected chi connectivity index (χ4v) is 2.62. The third kappa shape index (κ3) is 5.38. The number of aryl methyl sites for hydroxylation is 1. The summed E-state index contributed by atoms with van der Waals surface area (Å²) in [5, 5.41) is 0. The van der Waals surface area contributed by atoms with Gasteiger partial charge in [0.1, 0.15) is 0 Å². The Morgan fingerprint density at radius 2 is 1.73 bits per heavy atom. The summed E-state index contributed by atoms with van der Waals surface area (Å²) in [6, 6.07) is 14.0. The van der Waals surface area contributed by atoms with Crippen LogP contribution in [0.1, 0.15) is 23.6 Å². The highest BCUT2D eigenvalue weighted by atomic mass is 16.5. The molecule has 4 nitrogen and oxygen atoms in total. The number of carbonyl (C=O) groups is 1. The molecule has 0 bridgehead atoms. The second-order valence-electron chi connectivity index (χ2n) is 6.19. The molecule has 0 heterocycles. The van der Waals surface area contributed by atoms with Crippen molar-refractivity contribution in [1.29, 1.82) is 0 Å². The Labute approximate surface area is 156 Å². The fourth-order valence-electron chi connectivity index (χ4n) is 2.62. The largest absolute Gasteiger partial charge is 0.493 e. The number of nitrogens with zero attached hydrogens (tertiary/aromatic N) is 1. The number of allylic oxidation sites excluding steroid dienone is 1. The van der Waals surface area contributed by atoms with Crippen molar-refractivity contribution < 1.29 is 14.3 Å². The topological polar surface area (TPSA) is 38.8 Å². The maximum Gasteiger partial charge on any atom is 0.260 e. The van der Waals surface area contributed by atoms with Gasteiger partial charge < -0.3 is 14.4 Å². The number of carbonyl (C=O) groups excluding carboxylic acids is 1. The SMILES string of the molecule is C=CCc1ccc(OCC(=O)N(C)Cc2ccc(CC)cc2)c(OC)c1. The molecule has 0 spiro atoms. The molecular formula is C22H27NO3. The van der Waals surface area contributed by atoms with Gasteiger partial charge in [0.05, 0.1) is 7.11 Å². The molecule has 0 aliphatic carbocycles. The van der Waals surface area contributed by atoms with E-state index in [1.807, 2.05) is 24.3 Å². The molecule has 2 rings (SSSR count). The van der Waals surface area contributed by atoms with Crippen molar-refractivity contribution in [3.63, 3.8) is 0 Å². The lowest BCUT2D eigenvalue weighted by Crippen LogP contribution is -2.31. The summed E-state index contributed by atoms with van der Waals surface area (Å²) in [5.41, 5.74) is 3.48. The molecule has 2 aromatic carbocycles. The first-order chi connectivity index (χ1) is 12.6. The fraction of sp³-hybridized carbons (Fsp3) is 0.318. The zero-order valence-electron chi connectivity index (χ0n) is 15.8. The van der Waals surface area contributed by atoms with Crippen LogP contribution < -0.4 is 9.47 Å². The molecule has 4 heteroatoms. The van der Waals surface area contributed by atoms with Gasteiger partial charge in [0.2, 0.25) is 0 Å². The van der Waals surface area contributed by atoms with Gasteiger partial charge in [0.15, 0.2) is 18.1 Å².